The molecule has 2 aliphatic heterocycles. The van der Waals surface area contributed by atoms with Crippen molar-refractivity contribution in [1.29, 1.82) is 0 Å². The predicted octanol–water partition coefficient (Wildman–Crippen LogP) is 11.7. The summed E-state index contributed by atoms with van der Waals surface area (Å²) in [6, 6.07) is 95.8. The minimum atomic E-state index is -2.91. The van der Waals surface area contributed by atoms with Gasteiger partial charge in [0.05, 0.1) is 27.8 Å². The lowest BCUT2D eigenvalue weighted by atomic mass is 9.34. The van der Waals surface area contributed by atoms with Gasteiger partial charge in [-0.1, -0.05) is 200 Å². The molecule has 0 bridgehead atoms. The molecule has 0 saturated carbocycles. The monoisotopic (exact) mass is 934 g/mol. The van der Waals surface area contributed by atoms with E-state index in [0.29, 0.717) is 0 Å². The number of hydrogen-bond donors (Lipinski definition) is 0. The largest absolute Gasteiger partial charge is 0.458 e. The minimum absolute atomic E-state index is 0.103. The first-order valence-electron chi connectivity index (χ1n) is 24.8. The molecule has 4 heterocycles. The molecular formula is C66H43BN2O2Si. The summed E-state index contributed by atoms with van der Waals surface area (Å²) >= 11 is 0. The second kappa shape index (κ2) is 16.0. The Labute approximate surface area is 418 Å². The summed E-state index contributed by atoms with van der Waals surface area (Å²) < 4.78 is 18.7. The molecule has 2 aromatic heterocycles. The van der Waals surface area contributed by atoms with Gasteiger partial charge in [0, 0.05) is 44.3 Å². The maximum atomic E-state index is 7.13. The highest BCUT2D eigenvalue weighted by atomic mass is 28.3. The molecule has 0 fully saturated rings. The Kier molecular flexibility index (Phi) is 9.04. The molecule has 0 radical (unpaired) electrons. The van der Waals surface area contributed by atoms with Crippen molar-refractivity contribution in [1.82, 2.24) is 9.13 Å². The van der Waals surface area contributed by atoms with E-state index < -0.39 is 8.07 Å². The van der Waals surface area contributed by atoms with Gasteiger partial charge in [0.2, 0.25) is 0 Å². The van der Waals surface area contributed by atoms with Gasteiger partial charge < -0.3 is 18.6 Å². The van der Waals surface area contributed by atoms with Crippen LogP contribution in [-0.4, -0.2) is 23.9 Å². The fourth-order valence-corrected chi connectivity index (χ4v) is 17.2. The summed E-state index contributed by atoms with van der Waals surface area (Å²) in [5, 5.41) is 10.1. The standard InChI is InChI=1S/C66H43BN2O2Si/c1-5-22-45(23-6-1)68-57-34-16-13-31-50(57)53-42-60-54(41-59(53)68)51-32-14-17-35-58(51)69(60)61-43-65-56(67-55-33-15-18-36-62(55)70-63-37-20-38-64(71-65)66(63)67)40-52(61)44-21-19-30-49(39-44)72(46-24-7-2-8-25-46,47-26-9-3-10-27-47)48-28-11-4-12-29-48/h1-43H. The molecule has 2 aliphatic rings. The first-order chi connectivity index (χ1) is 35.7. The second-order valence-corrected chi connectivity index (χ2v) is 22.9. The first-order valence-corrected chi connectivity index (χ1v) is 26.8. The molecule has 72 heavy (non-hydrogen) atoms. The van der Waals surface area contributed by atoms with Crippen LogP contribution in [-0.2, 0) is 0 Å². The number of aromatic nitrogens is 2. The van der Waals surface area contributed by atoms with Crippen molar-refractivity contribution in [2.75, 3.05) is 0 Å². The fourth-order valence-electron chi connectivity index (χ4n) is 12.4. The van der Waals surface area contributed by atoms with E-state index in [1.165, 1.54) is 53.3 Å². The average Bonchev–Trinajstić information content (AvgIpc) is 3.95. The Morgan fingerprint density at radius 3 is 1.44 bits per heavy atom. The fraction of sp³-hybridized carbons (Fsp3) is 0. The van der Waals surface area contributed by atoms with E-state index in [2.05, 4.69) is 264 Å². The molecule has 6 heteroatoms. The van der Waals surface area contributed by atoms with Crippen molar-refractivity contribution in [2.24, 2.45) is 0 Å². The summed E-state index contributed by atoms with van der Waals surface area (Å²) in [6.07, 6.45) is 0. The lowest BCUT2D eigenvalue weighted by Crippen LogP contribution is -2.74. The summed E-state index contributed by atoms with van der Waals surface area (Å²) in [7, 11) is -2.91. The van der Waals surface area contributed by atoms with Gasteiger partial charge in [0.1, 0.15) is 23.0 Å². The lowest BCUT2D eigenvalue weighted by Gasteiger charge is -2.35. The Hall–Kier alpha value is -9.10. The van der Waals surface area contributed by atoms with Gasteiger partial charge in [-0.25, -0.2) is 0 Å². The Morgan fingerprint density at radius 1 is 0.319 bits per heavy atom. The normalized spacial score (nSPS) is 12.6. The van der Waals surface area contributed by atoms with E-state index in [9.17, 15) is 0 Å². The van der Waals surface area contributed by atoms with Crippen LogP contribution in [0.25, 0.3) is 66.1 Å². The van der Waals surface area contributed by atoms with Gasteiger partial charge in [-0.2, -0.15) is 0 Å². The van der Waals surface area contributed by atoms with Gasteiger partial charge >= 0.3 is 0 Å². The number of nitrogens with zero attached hydrogens (tertiary/aromatic N) is 2. The molecule has 0 amide bonds. The summed E-state index contributed by atoms with van der Waals surface area (Å²) in [6.45, 7) is -0.103. The van der Waals surface area contributed by atoms with E-state index in [0.717, 1.165) is 72.9 Å². The Morgan fingerprint density at radius 2 is 0.806 bits per heavy atom. The molecule has 0 N–H and O–H groups in total. The molecule has 11 aromatic carbocycles. The van der Waals surface area contributed by atoms with E-state index in [1.807, 2.05) is 6.07 Å². The summed E-state index contributed by atoms with van der Waals surface area (Å²) in [5.74, 6) is 3.37. The summed E-state index contributed by atoms with van der Waals surface area (Å²) in [4.78, 5) is 0. The summed E-state index contributed by atoms with van der Waals surface area (Å²) in [5.41, 5.74) is 12.4. The molecule has 0 atom stereocenters. The van der Waals surface area contributed by atoms with Gasteiger partial charge in [-0.3, -0.25) is 0 Å². The highest BCUT2D eigenvalue weighted by Gasteiger charge is 2.43. The molecule has 0 unspecified atom stereocenters. The second-order valence-electron chi connectivity index (χ2n) is 19.1. The maximum absolute atomic E-state index is 7.13. The quantitative estimate of drug-likeness (QED) is 0.118. The van der Waals surface area contributed by atoms with Crippen molar-refractivity contribution in [2.45, 2.75) is 0 Å². The zero-order valence-electron chi connectivity index (χ0n) is 39.1. The molecule has 0 aliphatic carbocycles. The van der Waals surface area contributed by atoms with Crippen LogP contribution >= 0.6 is 0 Å². The minimum Gasteiger partial charge on any atom is -0.458 e. The third-order valence-corrected chi connectivity index (χ3v) is 20.1. The molecule has 0 spiro atoms. The number of ether oxygens (including phenoxy) is 2. The van der Waals surface area contributed by atoms with Crippen LogP contribution in [0.5, 0.6) is 23.0 Å². The topological polar surface area (TPSA) is 28.3 Å². The van der Waals surface area contributed by atoms with E-state index in [4.69, 9.17) is 9.47 Å². The third kappa shape index (κ3) is 5.93. The first kappa shape index (κ1) is 40.8. The van der Waals surface area contributed by atoms with E-state index in [1.54, 1.807) is 0 Å². The van der Waals surface area contributed by atoms with Gasteiger partial charge in [0.15, 0.2) is 8.07 Å². The van der Waals surface area contributed by atoms with Crippen LogP contribution in [0.3, 0.4) is 0 Å². The molecule has 4 nitrogen and oxygen atoms in total. The van der Waals surface area contributed by atoms with Crippen molar-refractivity contribution in [3.63, 3.8) is 0 Å². The van der Waals surface area contributed by atoms with Crippen LogP contribution in [0.1, 0.15) is 0 Å². The molecule has 15 rings (SSSR count). The van der Waals surface area contributed by atoms with Crippen LogP contribution in [0.15, 0.2) is 261 Å². The molecular weight excluding hydrogens is 892 g/mol. The van der Waals surface area contributed by atoms with Crippen LogP contribution in [0.2, 0.25) is 0 Å². The number of benzene rings is 11. The molecule has 13 aromatic rings. The van der Waals surface area contributed by atoms with Crippen molar-refractivity contribution < 1.29 is 9.47 Å². The van der Waals surface area contributed by atoms with Gasteiger partial charge in [0.25, 0.3) is 6.71 Å². The lowest BCUT2D eigenvalue weighted by molar-refractivity contribution is 0.464. The zero-order valence-corrected chi connectivity index (χ0v) is 40.1. The maximum Gasteiger partial charge on any atom is 0.260 e. The molecule has 0 saturated heterocycles. The smallest absolute Gasteiger partial charge is 0.260 e. The average molecular weight is 935 g/mol. The third-order valence-electron chi connectivity index (χ3n) is 15.4. The van der Waals surface area contributed by atoms with Crippen molar-refractivity contribution in [3.05, 3.63) is 261 Å². The van der Waals surface area contributed by atoms with E-state index in [-0.39, 0.29) is 6.71 Å². The van der Waals surface area contributed by atoms with Crippen LogP contribution < -0.4 is 46.6 Å². The van der Waals surface area contributed by atoms with Crippen molar-refractivity contribution in [3.8, 4) is 45.5 Å². The van der Waals surface area contributed by atoms with Crippen LogP contribution in [0, 0.1) is 0 Å². The highest BCUT2D eigenvalue weighted by molar-refractivity contribution is 7.20. The van der Waals surface area contributed by atoms with E-state index >= 15 is 0 Å². The number of para-hydroxylation sites is 4. The Balaban J connectivity index is 1.06. The number of fused-ring (bicyclic) bond motifs is 10. The zero-order chi connectivity index (χ0) is 47.3. The molecule has 336 valence electrons. The Bertz CT molecular complexity index is 4190. The number of rotatable bonds is 7. The van der Waals surface area contributed by atoms with Gasteiger partial charge in [-0.15, -0.1) is 0 Å². The van der Waals surface area contributed by atoms with Crippen molar-refractivity contribution >= 4 is 95.5 Å². The van der Waals surface area contributed by atoms with Gasteiger partial charge in [-0.05, 0) is 91.8 Å². The predicted molar refractivity (Wildman–Crippen MR) is 302 cm³/mol. The number of hydrogen-bond acceptors (Lipinski definition) is 2. The van der Waals surface area contributed by atoms with Crippen LogP contribution in [0.4, 0.5) is 0 Å². The SMILES string of the molecule is c1ccc(-n2c3ccccc3c3cc4c(cc32)c2ccccc2n4-c2cc3c(cc2-c2cccc([Si](c4ccccc4)(c4ccccc4)c4ccccc4)c2)B2c4ccccc4Oc4cccc(c42)O3)cc1. The highest BCUT2D eigenvalue weighted by Crippen LogP contribution is 2.43.